The van der Waals surface area contributed by atoms with Gasteiger partial charge in [0.25, 0.3) is 0 Å². The van der Waals surface area contributed by atoms with Gasteiger partial charge in [0.2, 0.25) is 0 Å². The fourth-order valence-corrected chi connectivity index (χ4v) is 10.3. The molecule has 1 N–H and O–H groups in total. The molecule has 2 nitrogen and oxygen atoms in total. The van der Waals surface area contributed by atoms with E-state index in [9.17, 15) is 0 Å². The quantitative estimate of drug-likeness (QED) is 0.0874. The number of rotatable bonds is 15. The normalized spacial score (nSPS) is 12.8. The van der Waals surface area contributed by atoms with E-state index in [-0.39, 0.29) is 12.1 Å². The summed E-state index contributed by atoms with van der Waals surface area (Å²) in [5, 5.41) is 9.62. The third-order valence-corrected chi connectivity index (χ3v) is 13.3. The van der Waals surface area contributed by atoms with Crippen LogP contribution in [0.3, 0.4) is 0 Å². The van der Waals surface area contributed by atoms with Crippen LogP contribution in [0.1, 0.15) is 29.6 Å². The van der Waals surface area contributed by atoms with Crippen LogP contribution in [0.15, 0.2) is 187 Å². The lowest BCUT2D eigenvalue weighted by atomic mass is 9.95. The molecule has 0 radical (unpaired) electrons. The SMILES string of the molecule is C(CP(c1ccccc1)c1ccccc1)=N[C@H](C[C@@H](NCCP(c1ccccc1)c1ccccc1)c1ccccc1)c1ccccc1. The zero-order valence-electron chi connectivity index (χ0n) is 26.7. The van der Waals surface area contributed by atoms with Gasteiger partial charge in [-0.25, -0.2) is 0 Å². The second-order valence-electron chi connectivity index (χ2n) is 11.5. The van der Waals surface area contributed by atoms with E-state index < -0.39 is 15.8 Å². The fraction of sp³-hybridized carbons (Fsp3) is 0.140. The Balaban J connectivity index is 1.23. The summed E-state index contributed by atoms with van der Waals surface area (Å²) in [6.07, 6.45) is 5.07. The van der Waals surface area contributed by atoms with Crippen LogP contribution in [0.4, 0.5) is 0 Å². The lowest BCUT2D eigenvalue weighted by Gasteiger charge is -2.25. The third kappa shape index (κ3) is 9.43. The van der Waals surface area contributed by atoms with Crippen LogP contribution in [0.2, 0.25) is 0 Å². The number of hydrogen-bond acceptors (Lipinski definition) is 2. The minimum atomic E-state index is -0.539. The number of nitrogens with one attached hydrogen (secondary N) is 1. The highest BCUT2D eigenvalue weighted by molar-refractivity contribution is 7.73. The van der Waals surface area contributed by atoms with Gasteiger partial charge in [0.1, 0.15) is 0 Å². The summed E-state index contributed by atoms with van der Waals surface area (Å²) in [7, 11) is -1.00. The van der Waals surface area contributed by atoms with E-state index >= 15 is 0 Å². The summed E-state index contributed by atoms with van der Waals surface area (Å²) >= 11 is 0. The monoisotopic (exact) mass is 648 g/mol. The first-order chi connectivity index (χ1) is 23.3. The molecule has 0 fully saturated rings. The molecule has 4 heteroatoms. The topological polar surface area (TPSA) is 24.4 Å². The Morgan fingerprint density at radius 2 is 0.851 bits per heavy atom. The van der Waals surface area contributed by atoms with Crippen molar-refractivity contribution in [3.63, 3.8) is 0 Å². The Kier molecular flexibility index (Phi) is 12.3. The van der Waals surface area contributed by atoms with E-state index in [0.717, 1.165) is 25.3 Å². The van der Waals surface area contributed by atoms with Gasteiger partial charge in [-0.15, -0.1) is 0 Å². The molecule has 0 aliphatic rings. The van der Waals surface area contributed by atoms with Crippen molar-refractivity contribution in [2.45, 2.75) is 18.5 Å². The zero-order chi connectivity index (χ0) is 31.9. The molecule has 234 valence electrons. The largest absolute Gasteiger partial charge is 0.309 e. The van der Waals surface area contributed by atoms with Gasteiger partial charge in [0.05, 0.1) is 6.04 Å². The molecule has 6 aromatic rings. The van der Waals surface area contributed by atoms with Crippen LogP contribution in [-0.2, 0) is 0 Å². The second kappa shape index (κ2) is 17.7. The van der Waals surface area contributed by atoms with Gasteiger partial charge >= 0.3 is 0 Å². The summed E-state index contributed by atoms with van der Waals surface area (Å²) in [6.45, 7) is 0.924. The Morgan fingerprint density at radius 3 is 1.30 bits per heavy atom. The first kappa shape index (κ1) is 32.7. The highest BCUT2D eigenvalue weighted by atomic mass is 31.1. The van der Waals surface area contributed by atoms with Gasteiger partial charge in [-0.3, -0.25) is 4.99 Å². The van der Waals surface area contributed by atoms with Crippen LogP contribution in [0, 0.1) is 0 Å². The molecule has 0 aliphatic heterocycles. The maximum atomic E-state index is 5.34. The van der Waals surface area contributed by atoms with Crippen molar-refractivity contribution in [1.29, 1.82) is 0 Å². The molecule has 0 unspecified atom stereocenters. The maximum absolute atomic E-state index is 5.34. The molecule has 0 aliphatic carbocycles. The zero-order valence-corrected chi connectivity index (χ0v) is 28.5. The first-order valence-electron chi connectivity index (χ1n) is 16.5. The molecule has 0 heterocycles. The van der Waals surface area contributed by atoms with Crippen LogP contribution < -0.4 is 26.5 Å². The average molecular weight is 649 g/mol. The molecule has 0 saturated carbocycles. The van der Waals surface area contributed by atoms with Crippen LogP contribution in [-0.4, -0.2) is 25.1 Å². The van der Waals surface area contributed by atoms with Gasteiger partial charge in [0.15, 0.2) is 0 Å². The molecule has 0 spiro atoms. The van der Waals surface area contributed by atoms with Crippen LogP contribution in [0.25, 0.3) is 0 Å². The molecule has 0 bridgehead atoms. The van der Waals surface area contributed by atoms with Crippen molar-refractivity contribution < 1.29 is 0 Å². The van der Waals surface area contributed by atoms with Crippen molar-refractivity contribution >= 4 is 43.3 Å². The van der Waals surface area contributed by atoms with Gasteiger partial charge < -0.3 is 5.32 Å². The van der Waals surface area contributed by atoms with Gasteiger partial charge in [-0.1, -0.05) is 182 Å². The van der Waals surface area contributed by atoms with Crippen molar-refractivity contribution in [3.8, 4) is 0 Å². The lowest BCUT2D eigenvalue weighted by molar-refractivity contribution is 0.471. The molecule has 0 saturated heterocycles. The van der Waals surface area contributed by atoms with Crippen molar-refractivity contribution in [3.05, 3.63) is 193 Å². The standard InChI is InChI=1S/C43H42N2P2/c1-7-19-36(20-8-1)42(44-31-33-46(38-23-11-3-12-24-38)39-25-13-4-14-26-39)35-43(37-21-9-2-10-22-37)45-32-34-47(40-27-15-5-16-28-40)41-29-17-6-18-30-41/h1-31,42-43,45H,32-35H2/t42-,43-/m1/s1. The summed E-state index contributed by atoms with van der Waals surface area (Å²) in [5.74, 6) is 0. The lowest BCUT2D eigenvalue weighted by Crippen LogP contribution is -2.28. The summed E-state index contributed by atoms with van der Waals surface area (Å²) in [4.78, 5) is 5.34. The smallest absolute Gasteiger partial charge is 0.0763 e. The predicted octanol–water partition coefficient (Wildman–Crippen LogP) is 8.79. The fourth-order valence-electron chi connectivity index (χ4n) is 6.01. The number of aliphatic imine (C=N–C) groups is 1. The summed E-state index contributed by atoms with van der Waals surface area (Å²) in [6, 6.07) is 65.8. The van der Waals surface area contributed by atoms with E-state index in [0.29, 0.717) is 0 Å². The van der Waals surface area contributed by atoms with E-state index in [1.165, 1.54) is 32.3 Å². The molecule has 47 heavy (non-hydrogen) atoms. The Bertz CT molecular complexity index is 1670. The van der Waals surface area contributed by atoms with Gasteiger partial charge in [-0.2, -0.15) is 0 Å². The van der Waals surface area contributed by atoms with Crippen LogP contribution >= 0.6 is 15.8 Å². The minimum Gasteiger partial charge on any atom is -0.309 e. The third-order valence-electron chi connectivity index (χ3n) is 8.39. The van der Waals surface area contributed by atoms with E-state index in [4.69, 9.17) is 4.99 Å². The highest BCUT2D eigenvalue weighted by Gasteiger charge is 2.21. The molecule has 0 amide bonds. The molecule has 6 rings (SSSR count). The Morgan fingerprint density at radius 1 is 0.468 bits per heavy atom. The molecule has 6 aromatic carbocycles. The molecular formula is C43H42N2P2. The summed E-state index contributed by atoms with van der Waals surface area (Å²) in [5.41, 5.74) is 2.56. The van der Waals surface area contributed by atoms with Gasteiger partial charge in [-0.05, 0) is 60.8 Å². The number of benzene rings is 6. The van der Waals surface area contributed by atoms with Crippen LogP contribution in [0.5, 0.6) is 0 Å². The maximum Gasteiger partial charge on any atom is 0.0763 e. The van der Waals surface area contributed by atoms with Crippen molar-refractivity contribution in [2.75, 3.05) is 18.9 Å². The highest BCUT2D eigenvalue weighted by Crippen LogP contribution is 2.35. The van der Waals surface area contributed by atoms with E-state index in [1.54, 1.807) is 0 Å². The summed E-state index contributed by atoms with van der Waals surface area (Å²) < 4.78 is 0. The molecular weight excluding hydrogens is 606 g/mol. The molecule has 0 aromatic heterocycles. The Labute approximate surface area is 283 Å². The molecule has 2 atom stereocenters. The second-order valence-corrected chi connectivity index (χ2v) is 16.1. The minimum absolute atomic E-state index is 0.0436. The average Bonchev–Trinajstić information content (AvgIpc) is 3.16. The number of nitrogens with zero attached hydrogens (tertiary/aromatic N) is 1. The number of hydrogen-bond donors (Lipinski definition) is 1. The predicted molar refractivity (Wildman–Crippen MR) is 207 cm³/mol. The van der Waals surface area contributed by atoms with Crippen molar-refractivity contribution in [1.82, 2.24) is 5.32 Å². The van der Waals surface area contributed by atoms with E-state index in [2.05, 4.69) is 194 Å². The van der Waals surface area contributed by atoms with E-state index in [1.807, 2.05) is 0 Å². The van der Waals surface area contributed by atoms with Gasteiger partial charge in [0, 0.05) is 25.0 Å². The Hall–Kier alpha value is -4.19. The van der Waals surface area contributed by atoms with Crippen molar-refractivity contribution in [2.24, 2.45) is 4.99 Å². The first-order valence-corrected chi connectivity index (χ1v) is 19.5.